The van der Waals surface area contributed by atoms with Gasteiger partial charge in [-0.1, -0.05) is 253 Å². The maximum Gasteiger partial charge on any atom is 1.00 e. The number of aromatic amines is 1. The fraction of sp³-hybridized carbons (Fsp3) is 0.622. The zero-order valence-electron chi connectivity index (χ0n) is 61.9. The summed E-state index contributed by atoms with van der Waals surface area (Å²) in [4.78, 5) is 48.6. The largest absolute Gasteiger partial charge is 1.00 e. The molecule has 0 aliphatic rings. The molecule has 1 aromatic carbocycles. The first-order chi connectivity index (χ1) is 45.1. The van der Waals surface area contributed by atoms with Gasteiger partial charge in [0, 0.05) is 6.42 Å². The Bertz CT molecular complexity index is 2250. The Kier molecular flexibility index (Phi) is 79.9. The SMILES string of the molecule is [CH2-]CCCCC(=O)Nc1nc(OCCCC)nc2c1[nH]c(=O)n2Cc1cccc(CC(=O)OC)c1.[CH2-]CCCCCCC/C=C\C/C=C\CCCCC.[CH2-]CCCCCCC/C=C\C/C=C\CCCCC.[CH2-]CCCCCCC/C=C\C/C=C\CCCCC.[CH2-]C[CH2-].[Li+].[Li+]. The van der Waals surface area contributed by atoms with Crippen LogP contribution in [0.1, 0.15) is 315 Å². The number of H-pyrrole nitrogens is 1. The van der Waals surface area contributed by atoms with Gasteiger partial charge in [-0.2, -0.15) is 35.7 Å². The number of ether oxygens (including phenoxy) is 2. The molecule has 0 bridgehead atoms. The van der Waals surface area contributed by atoms with E-state index in [0.717, 1.165) is 81.8 Å². The van der Waals surface area contributed by atoms with Crippen LogP contribution in [0, 0.1) is 41.5 Å². The molecule has 1 amide bonds. The second kappa shape index (κ2) is 77.9. The molecular weight excluding hydrogens is 1150 g/mol. The molecule has 94 heavy (non-hydrogen) atoms. The summed E-state index contributed by atoms with van der Waals surface area (Å²) in [5.74, 6) is -0.345. The number of rotatable bonds is 52. The number of benzene rings is 1. The summed E-state index contributed by atoms with van der Waals surface area (Å²) in [5.41, 5.74) is 1.83. The Morgan fingerprint density at radius 1 is 0.500 bits per heavy atom. The number of methoxy groups -OCH3 is 1. The smallest absolute Gasteiger partial charge is 0.469 e. The third kappa shape index (κ3) is 62.7. The summed E-state index contributed by atoms with van der Waals surface area (Å²) in [7, 11) is 1.34. The van der Waals surface area contributed by atoms with E-state index in [4.69, 9.17) is 9.47 Å². The number of anilines is 1. The molecule has 3 rings (SSSR count). The average Bonchev–Trinajstić information content (AvgIpc) is 1.62. The second-order valence-electron chi connectivity index (χ2n) is 23.8. The molecule has 3 aromatic rings. The number of fused-ring (bicyclic) bond motifs is 1. The Balaban J connectivity index is -0.000000594. The van der Waals surface area contributed by atoms with Crippen molar-refractivity contribution >= 4 is 28.9 Å². The van der Waals surface area contributed by atoms with Crippen LogP contribution in [0.5, 0.6) is 6.01 Å². The zero-order valence-corrected chi connectivity index (χ0v) is 61.9. The fourth-order valence-electron chi connectivity index (χ4n) is 9.50. The Labute approximate surface area is 603 Å². The van der Waals surface area contributed by atoms with Crippen LogP contribution in [0.25, 0.3) is 11.2 Å². The molecule has 0 aliphatic heterocycles. The van der Waals surface area contributed by atoms with Crippen LogP contribution in [0.15, 0.2) is 102 Å². The number of hydrogen-bond donors (Lipinski definition) is 2. The summed E-state index contributed by atoms with van der Waals surface area (Å²) in [5, 5.41) is 2.79. The number of hydrogen-bond acceptors (Lipinski definition) is 7. The van der Waals surface area contributed by atoms with Gasteiger partial charge >= 0.3 is 55.4 Å². The zero-order chi connectivity index (χ0) is 67.9. The molecule has 526 valence electrons. The quantitative estimate of drug-likeness (QED) is 0.0189. The number of unbranched alkanes of at least 4 members (excludes halogenated alkanes) is 30. The number of aromatic nitrogens is 4. The Morgan fingerprint density at radius 3 is 1.27 bits per heavy atom. The van der Waals surface area contributed by atoms with Gasteiger partial charge in [-0.25, -0.2) is 4.79 Å². The van der Waals surface area contributed by atoms with E-state index >= 15 is 0 Å². The molecule has 0 unspecified atom stereocenters. The van der Waals surface area contributed by atoms with Crippen LogP contribution in [-0.4, -0.2) is 45.1 Å². The van der Waals surface area contributed by atoms with E-state index < -0.39 is 5.69 Å². The number of esters is 1. The maximum absolute atomic E-state index is 12.9. The first kappa shape index (κ1) is 96.3. The minimum Gasteiger partial charge on any atom is -0.469 e. The van der Waals surface area contributed by atoms with Crippen molar-refractivity contribution in [3.63, 3.8) is 0 Å². The van der Waals surface area contributed by atoms with E-state index in [1.54, 1.807) is 0 Å². The molecule has 10 nitrogen and oxygen atoms in total. The first-order valence-electron chi connectivity index (χ1n) is 36.8. The van der Waals surface area contributed by atoms with Gasteiger partial charge in [-0.3, -0.25) is 14.2 Å². The summed E-state index contributed by atoms with van der Waals surface area (Å²) in [6.07, 6.45) is 79.9. The van der Waals surface area contributed by atoms with Crippen molar-refractivity contribution in [1.29, 1.82) is 0 Å². The van der Waals surface area contributed by atoms with Gasteiger partial charge in [-0.15, -0.1) is 0 Å². The third-order valence-electron chi connectivity index (χ3n) is 15.0. The molecule has 0 saturated carbocycles. The van der Waals surface area contributed by atoms with Crippen LogP contribution < -0.4 is 53.5 Å². The van der Waals surface area contributed by atoms with Gasteiger partial charge < -0.3 is 67.7 Å². The minimum atomic E-state index is -0.397. The number of allylic oxidation sites excluding steroid dienone is 12. The minimum absolute atomic E-state index is 0. The number of imidazole rings is 1. The van der Waals surface area contributed by atoms with Crippen molar-refractivity contribution in [1.82, 2.24) is 19.5 Å². The van der Waals surface area contributed by atoms with Gasteiger partial charge in [-0.05, 0) is 120 Å². The number of carbonyl (C=O) groups is 2. The molecule has 0 radical (unpaired) electrons. The molecule has 2 aromatic heterocycles. The number of carbonyl (C=O) groups excluding carboxylic acids is 2. The van der Waals surface area contributed by atoms with E-state index in [0.29, 0.717) is 30.6 Å². The maximum atomic E-state index is 12.9. The van der Waals surface area contributed by atoms with Crippen LogP contribution in [0.3, 0.4) is 0 Å². The molecule has 0 fully saturated rings. The van der Waals surface area contributed by atoms with Gasteiger partial charge in [0.05, 0.1) is 26.7 Å². The molecule has 0 saturated heterocycles. The van der Waals surface area contributed by atoms with Gasteiger partial charge in [0.15, 0.2) is 11.5 Å². The van der Waals surface area contributed by atoms with E-state index in [2.05, 4.69) is 155 Å². The third-order valence-corrected chi connectivity index (χ3v) is 15.0. The molecule has 0 atom stereocenters. The normalized spacial score (nSPS) is 11.1. The molecule has 0 spiro atoms. The fourth-order valence-corrected chi connectivity index (χ4v) is 9.50. The van der Waals surface area contributed by atoms with E-state index in [9.17, 15) is 14.4 Å². The van der Waals surface area contributed by atoms with Crippen molar-refractivity contribution in [2.75, 3.05) is 19.0 Å². The van der Waals surface area contributed by atoms with Crippen LogP contribution in [0.4, 0.5) is 5.82 Å². The predicted octanol–water partition coefficient (Wildman–Crippen LogP) is 18.3. The summed E-state index contributed by atoms with van der Waals surface area (Å²) in [6.45, 7) is 31.6. The molecule has 0 aliphatic carbocycles. The molecule has 2 heterocycles. The molecule has 12 heteroatoms. The van der Waals surface area contributed by atoms with E-state index in [1.165, 1.54) is 204 Å². The Morgan fingerprint density at radius 2 is 0.872 bits per heavy atom. The van der Waals surface area contributed by atoms with Crippen LogP contribution in [0.2, 0.25) is 0 Å². The average molecular weight is 1290 g/mol. The first-order valence-corrected chi connectivity index (χ1v) is 36.8. The standard InChI is InChI=1S/C25H32N5O5.3C18H33.C3H6.2Li/c1-4-6-8-12-19(31)26-22-21-23(29-24(28-22)35-13-7-5-2)30(25(33)27-21)16-18-11-9-10-17(14-18)15-20(32)34-3;3*1-3-5-7-9-11-13-15-17-18-16-14-12-10-8-6-4-2;1-3-2;;/h9-11,14H,1,4-8,12-13,15-16H2,2-3H3,(H,27,33)(H,26,28,29,31);3*12,14,17-18H,1,3-11,13,15-16H2,2H3;1-3H2;;/q4*-1;-2;2*+1/b;3*14-12-,18-17-;;;. The van der Waals surface area contributed by atoms with Crippen LogP contribution in [-0.2, 0) is 27.3 Å². The van der Waals surface area contributed by atoms with Crippen molar-refractivity contribution in [3.05, 3.63) is 160 Å². The van der Waals surface area contributed by atoms with Crippen molar-refractivity contribution in [3.8, 4) is 6.01 Å². The number of nitrogens with zero attached hydrogens (tertiary/aromatic N) is 3. The molecule has 2 N–H and O–H groups in total. The van der Waals surface area contributed by atoms with Gasteiger partial charge in [0.2, 0.25) is 5.91 Å². The summed E-state index contributed by atoms with van der Waals surface area (Å²) in [6, 6.07) is 7.43. The van der Waals surface area contributed by atoms with Gasteiger partial charge in [0.25, 0.3) is 0 Å². The summed E-state index contributed by atoms with van der Waals surface area (Å²) < 4.78 is 11.9. The van der Waals surface area contributed by atoms with E-state index in [1.807, 2.05) is 31.2 Å². The Hall–Kier alpha value is -4.06. The van der Waals surface area contributed by atoms with Crippen LogP contribution >= 0.6 is 0 Å². The summed E-state index contributed by atoms with van der Waals surface area (Å²) >= 11 is 0. The van der Waals surface area contributed by atoms with Crippen molar-refractivity contribution in [2.24, 2.45) is 0 Å². The van der Waals surface area contributed by atoms with Gasteiger partial charge in [0.1, 0.15) is 5.52 Å². The number of nitrogens with one attached hydrogen (secondary N) is 2. The van der Waals surface area contributed by atoms with E-state index in [-0.39, 0.29) is 74.4 Å². The second-order valence-corrected chi connectivity index (χ2v) is 23.8. The monoisotopic (exact) mass is 1290 g/mol. The van der Waals surface area contributed by atoms with Crippen molar-refractivity contribution in [2.45, 2.75) is 317 Å². The topological polar surface area (TPSA) is 128 Å². The van der Waals surface area contributed by atoms with Crippen molar-refractivity contribution < 1.29 is 56.8 Å². The predicted molar refractivity (Wildman–Crippen MR) is 402 cm³/mol. The number of amides is 1. The molecular formula is C82H137Li2N5O5-4.